The van der Waals surface area contributed by atoms with Gasteiger partial charge < -0.3 is 15.1 Å². The standard InChI is InChI=1S/C14H21N3O4S/c1-10-13(22(19,20)17-5-2-3-6-17)8-12(21-10)14(18)16-7-4-11(15)9-16/h8,11H,2-7,9,15H2,1H3/t11-/m1/s1. The minimum Gasteiger partial charge on any atom is -0.455 e. The highest BCUT2D eigenvalue weighted by molar-refractivity contribution is 7.89. The number of rotatable bonds is 3. The van der Waals surface area contributed by atoms with Gasteiger partial charge in [0.2, 0.25) is 10.0 Å². The molecule has 3 rings (SSSR count). The van der Waals surface area contributed by atoms with E-state index in [1.165, 1.54) is 10.4 Å². The zero-order valence-electron chi connectivity index (χ0n) is 12.6. The highest BCUT2D eigenvalue weighted by atomic mass is 32.2. The van der Waals surface area contributed by atoms with Crippen LogP contribution in [0.15, 0.2) is 15.4 Å². The van der Waals surface area contributed by atoms with Crippen LogP contribution in [-0.2, 0) is 10.0 Å². The number of sulfonamides is 1. The number of likely N-dealkylation sites (tertiary alicyclic amines) is 1. The van der Waals surface area contributed by atoms with E-state index in [1.807, 2.05) is 0 Å². The summed E-state index contributed by atoms with van der Waals surface area (Å²) in [5, 5.41) is 0. The van der Waals surface area contributed by atoms with Crippen molar-refractivity contribution in [2.75, 3.05) is 26.2 Å². The molecule has 0 radical (unpaired) electrons. The predicted molar refractivity (Wildman–Crippen MR) is 79.9 cm³/mol. The molecule has 122 valence electrons. The number of hydrogen-bond acceptors (Lipinski definition) is 5. The van der Waals surface area contributed by atoms with Crippen molar-refractivity contribution >= 4 is 15.9 Å². The van der Waals surface area contributed by atoms with Crippen LogP contribution in [0.4, 0.5) is 0 Å². The SMILES string of the molecule is Cc1oc(C(=O)N2CC[C@@H](N)C2)cc1S(=O)(=O)N1CCCC1. The molecule has 0 unspecified atom stereocenters. The summed E-state index contributed by atoms with van der Waals surface area (Å²) in [6.07, 6.45) is 2.49. The first kappa shape index (κ1) is 15.5. The van der Waals surface area contributed by atoms with Gasteiger partial charge in [-0.05, 0) is 26.2 Å². The van der Waals surface area contributed by atoms with Crippen molar-refractivity contribution in [3.05, 3.63) is 17.6 Å². The largest absolute Gasteiger partial charge is 0.455 e. The molecule has 2 saturated heterocycles. The number of amides is 1. The van der Waals surface area contributed by atoms with Gasteiger partial charge in [0.15, 0.2) is 5.76 Å². The van der Waals surface area contributed by atoms with Gasteiger partial charge in [0, 0.05) is 38.3 Å². The summed E-state index contributed by atoms with van der Waals surface area (Å²) >= 11 is 0. The maximum absolute atomic E-state index is 12.6. The normalized spacial score (nSPS) is 23.4. The van der Waals surface area contributed by atoms with E-state index in [0.717, 1.165) is 19.3 Å². The minimum absolute atomic E-state index is 0.0205. The lowest BCUT2D eigenvalue weighted by Crippen LogP contribution is -2.31. The van der Waals surface area contributed by atoms with E-state index in [-0.39, 0.29) is 28.4 Å². The van der Waals surface area contributed by atoms with Crippen LogP contribution in [-0.4, -0.2) is 55.8 Å². The molecule has 2 aliphatic rings. The van der Waals surface area contributed by atoms with Crippen molar-refractivity contribution < 1.29 is 17.6 Å². The van der Waals surface area contributed by atoms with E-state index in [2.05, 4.69) is 0 Å². The molecule has 0 aromatic carbocycles. The Kier molecular flexibility index (Phi) is 4.00. The smallest absolute Gasteiger partial charge is 0.289 e. The molecule has 0 spiro atoms. The van der Waals surface area contributed by atoms with Crippen LogP contribution < -0.4 is 5.73 Å². The van der Waals surface area contributed by atoms with Crippen LogP contribution >= 0.6 is 0 Å². The third-order valence-electron chi connectivity index (χ3n) is 4.28. The summed E-state index contributed by atoms with van der Waals surface area (Å²) in [6.45, 7) is 3.69. The summed E-state index contributed by atoms with van der Waals surface area (Å²) in [5.41, 5.74) is 5.80. The second-order valence-electron chi connectivity index (χ2n) is 5.94. The third kappa shape index (κ3) is 2.66. The fourth-order valence-electron chi connectivity index (χ4n) is 3.02. The van der Waals surface area contributed by atoms with E-state index in [9.17, 15) is 13.2 Å². The molecular weight excluding hydrogens is 306 g/mol. The number of nitrogens with zero attached hydrogens (tertiary/aromatic N) is 2. The van der Waals surface area contributed by atoms with E-state index in [4.69, 9.17) is 10.2 Å². The van der Waals surface area contributed by atoms with Gasteiger partial charge in [-0.25, -0.2) is 8.42 Å². The molecule has 3 heterocycles. The van der Waals surface area contributed by atoms with Crippen molar-refractivity contribution in [2.45, 2.75) is 37.1 Å². The molecule has 0 aliphatic carbocycles. The van der Waals surface area contributed by atoms with Crippen molar-refractivity contribution in [1.82, 2.24) is 9.21 Å². The lowest BCUT2D eigenvalue weighted by molar-refractivity contribution is 0.0758. The zero-order valence-corrected chi connectivity index (χ0v) is 13.4. The van der Waals surface area contributed by atoms with Gasteiger partial charge >= 0.3 is 0 Å². The number of aryl methyl sites for hydroxylation is 1. The molecule has 2 aliphatic heterocycles. The highest BCUT2D eigenvalue weighted by Crippen LogP contribution is 2.27. The van der Waals surface area contributed by atoms with E-state index < -0.39 is 10.0 Å². The topological polar surface area (TPSA) is 96.8 Å². The van der Waals surface area contributed by atoms with Gasteiger partial charge in [-0.1, -0.05) is 0 Å². The molecule has 7 nitrogen and oxygen atoms in total. The lowest BCUT2D eigenvalue weighted by atomic mass is 10.3. The fourth-order valence-corrected chi connectivity index (χ4v) is 4.70. The zero-order chi connectivity index (χ0) is 15.9. The average molecular weight is 327 g/mol. The molecule has 1 aromatic rings. The Morgan fingerprint density at radius 2 is 2.00 bits per heavy atom. The average Bonchev–Trinajstić information content (AvgIpc) is 3.17. The molecule has 1 amide bonds. The summed E-state index contributed by atoms with van der Waals surface area (Å²) < 4.78 is 32.1. The first-order valence-electron chi connectivity index (χ1n) is 7.55. The molecule has 0 saturated carbocycles. The Labute approximate surface area is 130 Å². The molecule has 1 aromatic heterocycles. The Morgan fingerprint density at radius 1 is 1.32 bits per heavy atom. The maximum atomic E-state index is 12.6. The number of furan rings is 1. The van der Waals surface area contributed by atoms with Gasteiger partial charge in [0.25, 0.3) is 5.91 Å². The second-order valence-corrected chi connectivity index (χ2v) is 7.85. The Morgan fingerprint density at radius 3 is 2.59 bits per heavy atom. The van der Waals surface area contributed by atoms with Crippen molar-refractivity contribution in [1.29, 1.82) is 0 Å². The number of carbonyl (C=O) groups excluding carboxylic acids is 1. The van der Waals surface area contributed by atoms with E-state index >= 15 is 0 Å². The summed E-state index contributed by atoms with van der Waals surface area (Å²) in [5.74, 6) is 0.0436. The van der Waals surface area contributed by atoms with Crippen LogP contribution in [0.3, 0.4) is 0 Å². The maximum Gasteiger partial charge on any atom is 0.289 e. The summed E-state index contributed by atoms with van der Waals surface area (Å²) in [6, 6.07) is 1.34. The fraction of sp³-hybridized carbons (Fsp3) is 0.643. The van der Waals surface area contributed by atoms with Gasteiger partial charge in [-0.3, -0.25) is 4.79 Å². The van der Waals surface area contributed by atoms with Crippen molar-refractivity contribution in [2.24, 2.45) is 5.73 Å². The van der Waals surface area contributed by atoms with Crippen molar-refractivity contribution in [3.8, 4) is 0 Å². The van der Waals surface area contributed by atoms with Crippen LogP contribution in [0.1, 0.15) is 35.6 Å². The van der Waals surface area contributed by atoms with Crippen molar-refractivity contribution in [3.63, 3.8) is 0 Å². The monoisotopic (exact) mass is 327 g/mol. The lowest BCUT2D eigenvalue weighted by Gasteiger charge is -2.14. The molecule has 2 N–H and O–H groups in total. The molecule has 22 heavy (non-hydrogen) atoms. The Balaban J connectivity index is 1.86. The summed E-state index contributed by atoms with van der Waals surface area (Å²) in [4.78, 5) is 14.1. The Hall–Kier alpha value is -1.38. The Bertz CT molecular complexity index is 676. The number of nitrogens with two attached hydrogens (primary N) is 1. The van der Waals surface area contributed by atoms with Crippen LogP contribution in [0.2, 0.25) is 0 Å². The molecule has 8 heteroatoms. The quantitative estimate of drug-likeness (QED) is 0.874. The predicted octanol–water partition coefficient (Wildman–Crippen LogP) is 0.546. The van der Waals surface area contributed by atoms with Gasteiger partial charge in [0.1, 0.15) is 10.7 Å². The van der Waals surface area contributed by atoms with Gasteiger partial charge in [-0.15, -0.1) is 0 Å². The first-order valence-corrected chi connectivity index (χ1v) is 8.99. The van der Waals surface area contributed by atoms with Crippen LogP contribution in [0, 0.1) is 6.92 Å². The molecule has 1 atom stereocenters. The first-order chi connectivity index (χ1) is 10.4. The second kappa shape index (κ2) is 5.68. The van der Waals surface area contributed by atoms with Crippen LogP contribution in [0.25, 0.3) is 0 Å². The molecular formula is C14H21N3O4S. The van der Waals surface area contributed by atoms with Gasteiger partial charge in [0.05, 0.1) is 0 Å². The highest BCUT2D eigenvalue weighted by Gasteiger charge is 2.33. The number of hydrogen-bond donors (Lipinski definition) is 1. The molecule has 2 fully saturated rings. The summed E-state index contributed by atoms with van der Waals surface area (Å²) in [7, 11) is -3.57. The van der Waals surface area contributed by atoms with E-state index in [1.54, 1.807) is 11.8 Å². The third-order valence-corrected chi connectivity index (χ3v) is 6.28. The number of carbonyl (C=O) groups is 1. The minimum atomic E-state index is -3.57. The van der Waals surface area contributed by atoms with Gasteiger partial charge in [-0.2, -0.15) is 4.31 Å². The van der Waals surface area contributed by atoms with Crippen LogP contribution in [0.5, 0.6) is 0 Å². The van der Waals surface area contributed by atoms with E-state index in [0.29, 0.717) is 26.2 Å². The molecule has 0 bridgehead atoms.